The molecule has 1 atom stereocenters. The van der Waals surface area contributed by atoms with E-state index in [-0.39, 0.29) is 0 Å². The van der Waals surface area contributed by atoms with Crippen molar-refractivity contribution in [3.8, 4) is 0 Å². The monoisotopic (exact) mass is 285 g/mol. The maximum absolute atomic E-state index is 3.53. The van der Waals surface area contributed by atoms with Crippen LogP contribution in [0.1, 0.15) is 18.4 Å². The number of hydrogen-bond donors (Lipinski definition) is 1. The van der Waals surface area contributed by atoms with E-state index >= 15 is 0 Å². The zero-order valence-corrected chi connectivity index (χ0v) is 11.1. The van der Waals surface area contributed by atoms with Gasteiger partial charge in [0.15, 0.2) is 0 Å². The highest BCUT2D eigenvalue weighted by Crippen LogP contribution is 2.25. The number of nitrogens with one attached hydrogen (secondary N) is 1. The quantitative estimate of drug-likeness (QED) is 0.910. The molecule has 0 aliphatic carbocycles. The fourth-order valence-electron chi connectivity index (χ4n) is 1.83. The van der Waals surface area contributed by atoms with Gasteiger partial charge in [0.25, 0.3) is 0 Å². The second-order valence-electron chi connectivity index (χ2n) is 3.90. The molecule has 0 saturated carbocycles. The van der Waals surface area contributed by atoms with Crippen LogP contribution in [-0.4, -0.2) is 17.5 Å². The Morgan fingerprint density at radius 3 is 3.13 bits per heavy atom. The van der Waals surface area contributed by atoms with Gasteiger partial charge in [-0.3, -0.25) is 0 Å². The van der Waals surface area contributed by atoms with Gasteiger partial charge in [-0.25, -0.2) is 0 Å². The van der Waals surface area contributed by atoms with Crippen LogP contribution in [0.15, 0.2) is 28.7 Å². The maximum Gasteiger partial charge on any atom is 0.0206 e. The summed E-state index contributed by atoms with van der Waals surface area (Å²) in [7, 11) is 0. The summed E-state index contributed by atoms with van der Waals surface area (Å²) in [4.78, 5) is 0. The number of halogens is 1. The molecule has 0 spiro atoms. The Labute approximate surface area is 104 Å². The Balaban J connectivity index is 1.73. The Bertz CT molecular complexity index is 310. The van der Waals surface area contributed by atoms with E-state index in [1.807, 2.05) is 0 Å². The third-order valence-electron chi connectivity index (χ3n) is 2.61. The van der Waals surface area contributed by atoms with E-state index in [1.165, 1.54) is 24.2 Å². The van der Waals surface area contributed by atoms with Crippen molar-refractivity contribution in [2.75, 3.05) is 12.3 Å². The third kappa shape index (κ3) is 3.82. The van der Waals surface area contributed by atoms with Gasteiger partial charge in [-0.1, -0.05) is 28.1 Å². The first-order valence-electron chi connectivity index (χ1n) is 5.41. The minimum absolute atomic E-state index is 0.845. The Morgan fingerprint density at radius 2 is 2.40 bits per heavy atom. The standard InChI is InChI=1S/C12H16BrNS/c13-11-4-1-3-10(7-11)8-14-9-12-5-2-6-15-12/h1,3-4,7,12,14H,2,5-6,8-9H2. The van der Waals surface area contributed by atoms with Gasteiger partial charge in [0, 0.05) is 22.8 Å². The topological polar surface area (TPSA) is 12.0 Å². The van der Waals surface area contributed by atoms with Crippen LogP contribution in [0.4, 0.5) is 0 Å². The largest absolute Gasteiger partial charge is 0.312 e. The second kappa shape index (κ2) is 5.92. The van der Waals surface area contributed by atoms with Crippen molar-refractivity contribution in [2.24, 2.45) is 0 Å². The van der Waals surface area contributed by atoms with Gasteiger partial charge in [-0.05, 0) is 36.3 Å². The van der Waals surface area contributed by atoms with Crippen molar-refractivity contribution >= 4 is 27.7 Å². The molecule has 0 aromatic heterocycles. The fraction of sp³-hybridized carbons (Fsp3) is 0.500. The number of hydrogen-bond acceptors (Lipinski definition) is 2. The molecule has 1 unspecified atom stereocenters. The van der Waals surface area contributed by atoms with Crippen molar-refractivity contribution in [1.82, 2.24) is 5.32 Å². The smallest absolute Gasteiger partial charge is 0.0206 e. The molecule has 1 aliphatic rings. The zero-order chi connectivity index (χ0) is 10.5. The summed E-state index contributed by atoms with van der Waals surface area (Å²) in [5.74, 6) is 1.35. The highest BCUT2D eigenvalue weighted by molar-refractivity contribution is 9.10. The van der Waals surface area contributed by atoms with Gasteiger partial charge in [0.05, 0.1) is 0 Å². The normalized spacial score (nSPS) is 20.7. The average molecular weight is 286 g/mol. The van der Waals surface area contributed by atoms with E-state index in [9.17, 15) is 0 Å². The summed E-state index contributed by atoms with van der Waals surface area (Å²) < 4.78 is 1.16. The van der Waals surface area contributed by atoms with Gasteiger partial charge in [-0.2, -0.15) is 11.8 Å². The molecule has 1 nitrogen and oxygen atoms in total. The van der Waals surface area contributed by atoms with E-state index in [4.69, 9.17) is 0 Å². The van der Waals surface area contributed by atoms with Gasteiger partial charge in [-0.15, -0.1) is 0 Å². The van der Waals surface area contributed by atoms with Crippen LogP contribution in [0.3, 0.4) is 0 Å². The summed E-state index contributed by atoms with van der Waals surface area (Å²) in [5, 5.41) is 4.37. The molecule has 1 N–H and O–H groups in total. The van der Waals surface area contributed by atoms with Gasteiger partial charge in [0.2, 0.25) is 0 Å². The molecule has 0 radical (unpaired) electrons. The van der Waals surface area contributed by atoms with Crippen LogP contribution in [-0.2, 0) is 6.54 Å². The first-order valence-corrected chi connectivity index (χ1v) is 7.25. The number of benzene rings is 1. The number of rotatable bonds is 4. The van der Waals surface area contributed by atoms with Crippen molar-refractivity contribution in [1.29, 1.82) is 0 Å². The van der Waals surface area contributed by atoms with Crippen LogP contribution in [0.2, 0.25) is 0 Å². The molecular weight excluding hydrogens is 270 g/mol. The average Bonchev–Trinajstić information content (AvgIpc) is 2.71. The van der Waals surface area contributed by atoms with Gasteiger partial charge >= 0.3 is 0 Å². The van der Waals surface area contributed by atoms with Crippen LogP contribution < -0.4 is 5.32 Å². The molecular formula is C12H16BrNS. The molecule has 3 heteroatoms. The van der Waals surface area contributed by atoms with Crippen LogP contribution in [0.5, 0.6) is 0 Å². The van der Waals surface area contributed by atoms with Crippen LogP contribution in [0.25, 0.3) is 0 Å². The van der Waals surface area contributed by atoms with E-state index in [1.54, 1.807) is 0 Å². The van der Waals surface area contributed by atoms with E-state index in [2.05, 4.69) is 57.3 Å². The molecule has 15 heavy (non-hydrogen) atoms. The Kier molecular flexibility index (Phi) is 4.54. The summed E-state index contributed by atoms with van der Waals surface area (Å²) in [6.45, 7) is 2.13. The van der Waals surface area contributed by atoms with E-state index in [0.29, 0.717) is 0 Å². The molecule has 82 valence electrons. The van der Waals surface area contributed by atoms with Crippen LogP contribution >= 0.6 is 27.7 Å². The molecule has 0 amide bonds. The minimum atomic E-state index is 0.845. The summed E-state index contributed by atoms with van der Waals surface area (Å²) in [6, 6.07) is 8.50. The molecule has 2 rings (SSSR count). The van der Waals surface area contributed by atoms with Crippen LogP contribution in [0, 0.1) is 0 Å². The molecule has 1 heterocycles. The van der Waals surface area contributed by atoms with Gasteiger partial charge < -0.3 is 5.32 Å². The molecule has 1 saturated heterocycles. The van der Waals surface area contributed by atoms with Crippen molar-refractivity contribution in [3.63, 3.8) is 0 Å². The van der Waals surface area contributed by atoms with Crippen molar-refractivity contribution < 1.29 is 0 Å². The van der Waals surface area contributed by atoms with E-state index in [0.717, 1.165) is 22.8 Å². The lowest BCUT2D eigenvalue weighted by Crippen LogP contribution is -2.22. The lowest BCUT2D eigenvalue weighted by molar-refractivity contribution is 0.646. The lowest BCUT2D eigenvalue weighted by Gasteiger charge is -2.10. The lowest BCUT2D eigenvalue weighted by atomic mass is 10.2. The molecule has 0 bridgehead atoms. The predicted molar refractivity (Wildman–Crippen MR) is 71.3 cm³/mol. The molecule has 1 aromatic rings. The Morgan fingerprint density at radius 1 is 1.47 bits per heavy atom. The summed E-state index contributed by atoms with van der Waals surface area (Å²) in [5.41, 5.74) is 1.35. The number of thioether (sulfide) groups is 1. The molecule has 1 fully saturated rings. The maximum atomic E-state index is 3.53. The first kappa shape index (κ1) is 11.5. The van der Waals surface area contributed by atoms with Crippen molar-refractivity contribution in [3.05, 3.63) is 34.3 Å². The zero-order valence-electron chi connectivity index (χ0n) is 8.71. The minimum Gasteiger partial charge on any atom is -0.312 e. The summed E-state index contributed by atoms with van der Waals surface area (Å²) in [6.07, 6.45) is 2.78. The SMILES string of the molecule is Brc1cccc(CNCC2CCCS2)c1. The highest BCUT2D eigenvalue weighted by atomic mass is 79.9. The third-order valence-corrected chi connectivity index (χ3v) is 4.51. The fourth-order valence-corrected chi connectivity index (χ4v) is 3.51. The van der Waals surface area contributed by atoms with E-state index < -0.39 is 0 Å². The summed E-state index contributed by atoms with van der Waals surface area (Å²) >= 11 is 5.60. The second-order valence-corrected chi connectivity index (χ2v) is 6.22. The van der Waals surface area contributed by atoms with Gasteiger partial charge in [0.1, 0.15) is 0 Å². The van der Waals surface area contributed by atoms with Crippen molar-refractivity contribution in [2.45, 2.75) is 24.6 Å². The molecule has 1 aliphatic heterocycles. The first-order chi connectivity index (χ1) is 7.34. The molecule has 1 aromatic carbocycles. The highest BCUT2D eigenvalue weighted by Gasteiger charge is 2.14. The Hall–Kier alpha value is 0.01000. The predicted octanol–water partition coefficient (Wildman–Crippen LogP) is 3.43.